The van der Waals surface area contributed by atoms with Crippen molar-refractivity contribution >= 4 is 29.4 Å². The lowest BCUT2D eigenvalue weighted by Gasteiger charge is -2.35. The predicted octanol–water partition coefficient (Wildman–Crippen LogP) is 0.164. The smallest absolute Gasteiger partial charge is 0.235 e. The van der Waals surface area contributed by atoms with Gasteiger partial charge in [-0.25, -0.2) is 0 Å². The summed E-state index contributed by atoms with van der Waals surface area (Å²) < 4.78 is 5.42. The highest BCUT2D eigenvalue weighted by atomic mass is 32.5. The average Bonchev–Trinajstić information content (AvgIpc) is 2.38. The Morgan fingerprint density at radius 3 is 2.30 bits per heavy atom. The molecule has 0 fully saturated rings. The van der Waals surface area contributed by atoms with Crippen molar-refractivity contribution in [1.29, 1.82) is 0 Å². The molecule has 1 unspecified atom stereocenters. The third-order valence-electron chi connectivity index (χ3n) is 2.59. The van der Waals surface area contributed by atoms with Gasteiger partial charge in [-0.05, 0) is 11.6 Å². The number of hydrogen-bond donors (Lipinski definition) is 2. The Bertz CT molecular complexity index is 699. The summed E-state index contributed by atoms with van der Waals surface area (Å²) in [6.45, 7) is -1.49. The second-order valence-corrected chi connectivity index (χ2v) is 7.45. The minimum Gasteiger partial charge on any atom is -0.788 e. The molecule has 0 aromatic heterocycles. The number of hydrogen-bond acceptors (Lipinski definition) is 3. The Balaban J connectivity index is 0.000000328. The van der Waals surface area contributed by atoms with Gasteiger partial charge in [-0.3, -0.25) is 11.1 Å². The van der Waals surface area contributed by atoms with Gasteiger partial charge < -0.3 is 9.42 Å². The van der Waals surface area contributed by atoms with Gasteiger partial charge in [-0.2, -0.15) is 0 Å². The Kier molecular flexibility index (Phi) is 4.23. The first-order valence-corrected chi connectivity index (χ1v) is 8.60. The Morgan fingerprint density at radius 2 is 1.65 bits per heavy atom. The monoisotopic (exact) mass is 306 g/mol. The first-order valence-electron chi connectivity index (χ1n) is 5.96. The number of para-hydroxylation sites is 1. The van der Waals surface area contributed by atoms with Gasteiger partial charge in [-0.1, -0.05) is 54.3 Å². The second-order valence-electron chi connectivity index (χ2n) is 4.35. The first kappa shape index (κ1) is 14.7. The molecule has 104 valence electrons. The van der Waals surface area contributed by atoms with Gasteiger partial charge >= 0.3 is 0 Å². The standard InChI is InChI=1S/C12H9O2PS.C2H6N2/c13-15(16)12-8-4-2-6-10(12)9-5-1-3-7-11(9)14-15;1-2(3)4/h1-8H,(H,13,16);1H3,(H3,3,4). The molecule has 1 heterocycles. The van der Waals surface area contributed by atoms with Gasteiger partial charge in [0.2, 0.25) is 5.84 Å². The van der Waals surface area contributed by atoms with E-state index in [0.717, 1.165) is 11.1 Å². The molecule has 0 spiro atoms. The molecule has 2 aromatic rings. The molecule has 2 aromatic carbocycles. The molecule has 0 amide bonds. The molecule has 0 bridgehead atoms. The predicted molar refractivity (Wildman–Crippen MR) is 83.2 cm³/mol. The van der Waals surface area contributed by atoms with Crippen LogP contribution < -0.4 is 25.9 Å². The van der Waals surface area contributed by atoms with Crippen molar-refractivity contribution in [3.05, 3.63) is 48.5 Å². The molecule has 20 heavy (non-hydrogen) atoms. The summed E-state index contributed by atoms with van der Waals surface area (Å²) in [6.07, 6.45) is 0. The summed E-state index contributed by atoms with van der Waals surface area (Å²) in [6, 6.07) is 15.0. The van der Waals surface area contributed by atoms with Gasteiger partial charge in [0.15, 0.2) is 0 Å². The van der Waals surface area contributed by atoms with Crippen LogP contribution in [0.1, 0.15) is 6.92 Å². The summed E-state index contributed by atoms with van der Waals surface area (Å²) in [4.78, 5) is 12.2. The van der Waals surface area contributed by atoms with Crippen LogP contribution in [0.5, 0.6) is 5.75 Å². The van der Waals surface area contributed by atoms with Gasteiger partial charge in [0.25, 0.3) is 0 Å². The molecule has 0 aliphatic carbocycles. The summed E-state index contributed by atoms with van der Waals surface area (Å²) in [5.41, 5.74) is 6.68. The molecular formula is C14H15N2O2PS. The van der Waals surface area contributed by atoms with Gasteiger partial charge in [0, 0.05) is 17.8 Å². The zero-order valence-electron chi connectivity index (χ0n) is 10.9. The molecule has 1 atom stereocenters. The largest absolute Gasteiger partial charge is 0.788 e. The molecule has 1 aliphatic rings. The van der Waals surface area contributed by atoms with E-state index in [2.05, 4.69) is 0 Å². The Hall–Kier alpha value is -1.68. The van der Waals surface area contributed by atoms with E-state index in [0.29, 0.717) is 16.9 Å². The van der Waals surface area contributed by atoms with E-state index in [1.807, 2.05) is 36.4 Å². The lowest BCUT2D eigenvalue weighted by Crippen LogP contribution is -2.43. The van der Waals surface area contributed by atoms with Gasteiger partial charge in [0.1, 0.15) is 5.75 Å². The van der Waals surface area contributed by atoms with Crippen LogP contribution in [0.15, 0.2) is 48.5 Å². The third-order valence-corrected chi connectivity index (χ3v) is 4.83. The zero-order valence-corrected chi connectivity index (χ0v) is 12.7. The number of fused-ring (bicyclic) bond motifs is 3. The molecule has 3 rings (SSSR count). The Morgan fingerprint density at radius 1 is 1.15 bits per heavy atom. The van der Waals surface area contributed by atoms with E-state index in [-0.39, 0.29) is 0 Å². The normalized spacial score (nSPS) is 18.7. The third kappa shape index (κ3) is 3.07. The van der Waals surface area contributed by atoms with Crippen molar-refractivity contribution in [3.63, 3.8) is 0 Å². The molecule has 1 aliphatic heterocycles. The van der Waals surface area contributed by atoms with E-state index >= 15 is 0 Å². The summed E-state index contributed by atoms with van der Waals surface area (Å²) >= 11 is 5.06. The number of benzene rings is 2. The maximum absolute atomic E-state index is 12.2. The fourth-order valence-electron chi connectivity index (χ4n) is 1.89. The van der Waals surface area contributed by atoms with Crippen LogP contribution in [-0.2, 0) is 11.8 Å². The van der Waals surface area contributed by atoms with E-state index in [9.17, 15) is 4.89 Å². The van der Waals surface area contributed by atoms with Crippen LogP contribution >= 0.6 is 6.49 Å². The summed E-state index contributed by atoms with van der Waals surface area (Å²) in [7, 11) is 0. The van der Waals surface area contributed by atoms with Crippen molar-refractivity contribution in [2.75, 3.05) is 0 Å². The highest BCUT2D eigenvalue weighted by Gasteiger charge is 2.22. The first-order chi connectivity index (χ1) is 9.42. The van der Waals surface area contributed by atoms with Crippen LogP contribution in [0, 0.1) is 0 Å². The zero-order chi connectivity index (χ0) is 14.8. The van der Waals surface area contributed by atoms with Crippen LogP contribution in [-0.4, -0.2) is 5.84 Å². The highest BCUT2D eigenvalue weighted by Crippen LogP contribution is 2.48. The maximum Gasteiger partial charge on any atom is 0.235 e. The van der Waals surface area contributed by atoms with Gasteiger partial charge in [-0.15, -0.1) is 0 Å². The lowest BCUT2D eigenvalue weighted by atomic mass is 10.0. The fraction of sp³-hybridized carbons (Fsp3) is 0.0714. The summed E-state index contributed by atoms with van der Waals surface area (Å²) in [5, 5.41) is 5.43. The Labute approximate surface area is 122 Å². The number of nitrogens with two attached hydrogens (primary N) is 2. The van der Waals surface area contributed by atoms with Crippen LogP contribution in [0.4, 0.5) is 0 Å². The molecule has 0 saturated carbocycles. The molecule has 4 N–H and O–H groups in total. The summed E-state index contributed by atoms with van der Waals surface area (Å²) in [5.74, 6) is 1.03. The van der Waals surface area contributed by atoms with E-state index in [1.165, 1.54) is 0 Å². The van der Waals surface area contributed by atoms with Crippen molar-refractivity contribution in [1.82, 2.24) is 0 Å². The fourth-order valence-corrected chi connectivity index (χ4v) is 3.88. The van der Waals surface area contributed by atoms with Crippen molar-refractivity contribution in [2.45, 2.75) is 6.92 Å². The lowest BCUT2D eigenvalue weighted by molar-refractivity contribution is -0.171. The maximum atomic E-state index is 12.2. The number of rotatable bonds is 0. The molecule has 0 radical (unpaired) electrons. The quantitative estimate of drug-likeness (QED) is 0.413. The minimum atomic E-state index is -3.13. The van der Waals surface area contributed by atoms with Crippen molar-refractivity contribution in [2.24, 2.45) is 5.73 Å². The average molecular weight is 306 g/mol. The molecular weight excluding hydrogens is 291 g/mol. The van der Waals surface area contributed by atoms with E-state index in [1.54, 1.807) is 19.1 Å². The SMILES string of the molecule is CC(N)=[NH2+].[O-]P1(=S)Oc2ccccc2-c2ccccc21. The van der Waals surface area contributed by atoms with Crippen LogP contribution in [0.25, 0.3) is 11.1 Å². The van der Waals surface area contributed by atoms with Crippen LogP contribution in [0.2, 0.25) is 0 Å². The van der Waals surface area contributed by atoms with Crippen LogP contribution in [0.3, 0.4) is 0 Å². The second kappa shape index (κ2) is 5.75. The number of amidine groups is 1. The topological polar surface area (TPSA) is 83.9 Å². The van der Waals surface area contributed by atoms with Gasteiger partial charge in [0.05, 0.1) is 6.49 Å². The minimum absolute atomic E-state index is 0.417. The molecule has 4 nitrogen and oxygen atoms in total. The molecule has 0 saturated heterocycles. The molecule has 6 heteroatoms. The van der Waals surface area contributed by atoms with E-state index in [4.69, 9.17) is 27.5 Å². The van der Waals surface area contributed by atoms with Crippen molar-refractivity contribution in [3.8, 4) is 16.9 Å². The van der Waals surface area contributed by atoms with E-state index < -0.39 is 6.49 Å². The highest BCUT2D eigenvalue weighted by molar-refractivity contribution is 8.12. The van der Waals surface area contributed by atoms with Crippen molar-refractivity contribution < 1.29 is 14.8 Å².